The molecule has 1 amide bonds. The molecule has 3 rings (SSSR count). The average molecular weight is 337 g/mol. The molecule has 0 saturated carbocycles. The van der Waals surface area contributed by atoms with Crippen LogP contribution in [-0.4, -0.2) is 22.4 Å². The van der Waals surface area contributed by atoms with Crippen LogP contribution in [0.3, 0.4) is 0 Å². The number of aryl methyl sites for hydroxylation is 2. The Bertz CT molecular complexity index is 924. The molecule has 2 N–H and O–H groups in total. The van der Waals surface area contributed by atoms with Gasteiger partial charge in [-0.3, -0.25) is 9.59 Å². The number of carbonyl (C=O) groups excluding carboxylic acids is 2. The third-order valence-electron chi connectivity index (χ3n) is 3.81. The Morgan fingerprint density at radius 1 is 1.08 bits per heavy atom. The van der Waals surface area contributed by atoms with Crippen molar-refractivity contribution in [1.29, 1.82) is 0 Å². The first-order valence-corrected chi connectivity index (χ1v) is 8.12. The topological polar surface area (TPSA) is 85.9 Å². The molecule has 0 saturated heterocycles. The molecule has 0 fully saturated rings. The van der Waals surface area contributed by atoms with Crippen LogP contribution >= 0.6 is 11.3 Å². The van der Waals surface area contributed by atoms with E-state index in [9.17, 15) is 9.59 Å². The van der Waals surface area contributed by atoms with Crippen LogP contribution in [-0.2, 0) is 0 Å². The van der Waals surface area contributed by atoms with Crippen molar-refractivity contribution in [1.82, 2.24) is 10.2 Å². The maximum absolute atomic E-state index is 11.6. The van der Waals surface area contributed by atoms with Crippen molar-refractivity contribution in [3.8, 4) is 21.1 Å². The molecule has 1 heterocycles. The van der Waals surface area contributed by atoms with E-state index in [0.717, 1.165) is 28.0 Å². The van der Waals surface area contributed by atoms with Crippen LogP contribution in [0.5, 0.6) is 0 Å². The monoisotopic (exact) mass is 337 g/mol. The van der Waals surface area contributed by atoms with Crippen LogP contribution in [0.2, 0.25) is 0 Å². The number of benzene rings is 2. The molecular formula is C18H15N3O2S. The van der Waals surface area contributed by atoms with Crippen molar-refractivity contribution in [2.45, 2.75) is 13.8 Å². The van der Waals surface area contributed by atoms with Crippen molar-refractivity contribution in [3.63, 3.8) is 0 Å². The van der Waals surface area contributed by atoms with Crippen molar-refractivity contribution in [2.75, 3.05) is 0 Å². The van der Waals surface area contributed by atoms with Gasteiger partial charge in [-0.05, 0) is 43.2 Å². The smallest absolute Gasteiger partial charge is 0.249 e. The highest BCUT2D eigenvalue weighted by atomic mass is 32.1. The maximum atomic E-state index is 11.6. The zero-order valence-corrected chi connectivity index (χ0v) is 14.1. The van der Waals surface area contributed by atoms with Gasteiger partial charge in [0.25, 0.3) is 0 Å². The van der Waals surface area contributed by atoms with Crippen LogP contribution < -0.4 is 5.73 Å². The minimum Gasteiger partial charge on any atom is -0.366 e. The van der Waals surface area contributed by atoms with Gasteiger partial charge in [0.1, 0.15) is 10.0 Å². The lowest BCUT2D eigenvalue weighted by molar-refractivity contribution is 0.100. The Kier molecular flexibility index (Phi) is 4.22. The van der Waals surface area contributed by atoms with Crippen molar-refractivity contribution in [3.05, 3.63) is 58.7 Å². The fourth-order valence-electron chi connectivity index (χ4n) is 2.62. The van der Waals surface area contributed by atoms with Gasteiger partial charge in [0.15, 0.2) is 6.29 Å². The molecule has 0 aliphatic carbocycles. The molecule has 2 aromatic carbocycles. The van der Waals surface area contributed by atoms with Crippen LogP contribution in [0.1, 0.15) is 31.8 Å². The van der Waals surface area contributed by atoms with Crippen LogP contribution in [0.15, 0.2) is 36.4 Å². The van der Waals surface area contributed by atoms with Gasteiger partial charge in [-0.25, -0.2) is 0 Å². The molecule has 5 nitrogen and oxygen atoms in total. The molecule has 0 unspecified atom stereocenters. The number of rotatable bonds is 4. The molecule has 1 aromatic heterocycles. The fraction of sp³-hybridized carbons (Fsp3) is 0.111. The SMILES string of the molecule is Cc1cc(-c2nnc(-c3ccccc3C(N)=O)s2)cc(C)c1C=O. The number of hydrogen-bond acceptors (Lipinski definition) is 5. The summed E-state index contributed by atoms with van der Waals surface area (Å²) in [6.45, 7) is 3.79. The van der Waals surface area contributed by atoms with Crippen molar-refractivity contribution < 1.29 is 9.59 Å². The molecule has 0 atom stereocenters. The second kappa shape index (κ2) is 6.33. The van der Waals surface area contributed by atoms with Gasteiger partial charge in [0.2, 0.25) is 5.91 Å². The maximum Gasteiger partial charge on any atom is 0.249 e. The molecule has 6 heteroatoms. The van der Waals surface area contributed by atoms with Gasteiger partial charge in [0, 0.05) is 22.3 Å². The quantitative estimate of drug-likeness (QED) is 0.739. The van der Waals surface area contributed by atoms with Crippen molar-refractivity contribution >= 4 is 23.5 Å². The second-order valence-corrected chi connectivity index (χ2v) is 6.44. The Morgan fingerprint density at radius 2 is 1.71 bits per heavy atom. The van der Waals surface area contributed by atoms with E-state index in [2.05, 4.69) is 10.2 Å². The normalized spacial score (nSPS) is 10.6. The molecule has 0 bridgehead atoms. The predicted octanol–water partition coefficient (Wildman–Crippen LogP) is 3.40. The van der Waals surface area contributed by atoms with Crippen molar-refractivity contribution in [2.24, 2.45) is 5.73 Å². The number of amides is 1. The van der Waals surface area contributed by atoms with E-state index in [0.29, 0.717) is 21.7 Å². The number of nitrogens with zero attached hydrogens (tertiary/aromatic N) is 2. The predicted molar refractivity (Wildman–Crippen MR) is 94.2 cm³/mol. The molecule has 0 aliphatic heterocycles. The van der Waals surface area contributed by atoms with Gasteiger partial charge in [-0.2, -0.15) is 0 Å². The summed E-state index contributed by atoms with van der Waals surface area (Å²) in [6, 6.07) is 10.9. The number of hydrogen-bond donors (Lipinski definition) is 1. The molecular weight excluding hydrogens is 322 g/mol. The largest absolute Gasteiger partial charge is 0.366 e. The minimum absolute atomic E-state index is 0.420. The minimum atomic E-state index is -0.496. The standard InChI is InChI=1S/C18H15N3O2S/c1-10-7-12(8-11(2)15(10)9-22)17-20-21-18(24-17)14-6-4-3-5-13(14)16(19)23/h3-9H,1-2H3,(H2,19,23). The summed E-state index contributed by atoms with van der Waals surface area (Å²) < 4.78 is 0. The Labute approximate surface area is 143 Å². The number of nitrogens with two attached hydrogens (primary N) is 1. The molecule has 120 valence electrons. The summed E-state index contributed by atoms with van der Waals surface area (Å²) in [7, 11) is 0. The first kappa shape index (κ1) is 16.0. The zero-order valence-electron chi connectivity index (χ0n) is 13.2. The van der Waals surface area contributed by atoms with E-state index in [1.54, 1.807) is 18.2 Å². The second-order valence-electron chi connectivity index (χ2n) is 5.46. The lowest BCUT2D eigenvalue weighted by Gasteiger charge is -2.05. The number of aldehydes is 1. The molecule has 0 aliphatic rings. The van der Waals surface area contributed by atoms with Gasteiger partial charge < -0.3 is 5.73 Å². The van der Waals surface area contributed by atoms with E-state index >= 15 is 0 Å². The number of carbonyl (C=O) groups is 2. The van der Waals surface area contributed by atoms with Gasteiger partial charge in [0.05, 0.1) is 0 Å². The highest BCUT2D eigenvalue weighted by Gasteiger charge is 2.15. The lowest BCUT2D eigenvalue weighted by Crippen LogP contribution is -2.12. The summed E-state index contributed by atoms with van der Waals surface area (Å²) in [6.07, 6.45) is 0.864. The number of aromatic nitrogens is 2. The Hall–Kier alpha value is -2.86. The van der Waals surface area contributed by atoms with E-state index < -0.39 is 5.91 Å². The first-order chi connectivity index (χ1) is 11.5. The van der Waals surface area contributed by atoms with Gasteiger partial charge in [-0.15, -0.1) is 10.2 Å². The molecule has 0 radical (unpaired) electrons. The van der Waals surface area contributed by atoms with Crippen LogP contribution in [0.25, 0.3) is 21.1 Å². The summed E-state index contributed by atoms with van der Waals surface area (Å²) in [5.41, 5.74) is 9.91. The summed E-state index contributed by atoms with van der Waals surface area (Å²) in [4.78, 5) is 22.7. The Morgan fingerprint density at radius 3 is 2.33 bits per heavy atom. The summed E-state index contributed by atoms with van der Waals surface area (Å²) in [5.74, 6) is -0.496. The summed E-state index contributed by atoms with van der Waals surface area (Å²) in [5, 5.41) is 9.79. The van der Waals surface area contributed by atoms with E-state index in [4.69, 9.17) is 5.73 Å². The Balaban J connectivity index is 2.07. The van der Waals surface area contributed by atoms with E-state index in [1.807, 2.05) is 32.0 Å². The van der Waals surface area contributed by atoms with Crippen LogP contribution in [0.4, 0.5) is 0 Å². The highest BCUT2D eigenvalue weighted by Crippen LogP contribution is 2.33. The fourth-order valence-corrected chi connectivity index (χ4v) is 3.49. The number of primary amides is 1. The molecule has 3 aromatic rings. The van der Waals surface area contributed by atoms with Gasteiger partial charge >= 0.3 is 0 Å². The summed E-state index contributed by atoms with van der Waals surface area (Å²) >= 11 is 1.38. The third kappa shape index (κ3) is 2.83. The van der Waals surface area contributed by atoms with E-state index in [1.165, 1.54) is 11.3 Å². The highest BCUT2D eigenvalue weighted by molar-refractivity contribution is 7.18. The molecule has 0 spiro atoms. The first-order valence-electron chi connectivity index (χ1n) is 7.30. The lowest BCUT2D eigenvalue weighted by atomic mass is 10.0. The van der Waals surface area contributed by atoms with E-state index in [-0.39, 0.29) is 0 Å². The third-order valence-corrected chi connectivity index (χ3v) is 4.81. The van der Waals surface area contributed by atoms with Gasteiger partial charge in [-0.1, -0.05) is 29.5 Å². The molecule has 24 heavy (non-hydrogen) atoms. The average Bonchev–Trinajstić information content (AvgIpc) is 3.04. The zero-order chi connectivity index (χ0) is 17.3. The van der Waals surface area contributed by atoms with Crippen LogP contribution in [0, 0.1) is 13.8 Å².